The molecule has 5 nitrogen and oxygen atoms in total. The lowest BCUT2D eigenvalue weighted by Gasteiger charge is -2.04. The third kappa shape index (κ3) is 1.81. The van der Waals surface area contributed by atoms with Crippen LogP contribution >= 0.6 is 0 Å². The average Bonchev–Trinajstić information content (AvgIpc) is 2.72. The fourth-order valence-electron chi connectivity index (χ4n) is 2.24. The Morgan fingerprint density at radius 3 is 2.44 bits per heavy atom. The number of carbonyl (C=O) groups excluding carboxylic acids is 2. The standard InChI is InChI=1S/C13H17N3O2/c1-5-16-8(2)6-10(9(16)3)7-11-12(17)15(4)13(18)14-11/h6-7H,5H2,1-4H3,(H,14,18)/b11-7+. The molecule has 1 aromatic heterocycles. The van der Waals surface area contributed by atoms with Crippen molar-refractivity contribution in [2.24, 2.45) is 0 Å². The summed E-state index contributed by atoms with van der Waals surface area (Å²) in [6.07, 6.45) is 1.73. The van der Waals surface area contributed by atoms with Gasteiger partial charge in [0.05, 0.1) is 0 Å². The first-order valence-corrected chi connectivity index (χ1v) is 5.93. The van der Waals surface area contributed by atoms with Gasteiger partial charge in [0, 0.05) is 25.0 Å². The van der Waals surface area contributed by atoms with E-state index in [1.165, 1.54) is 7.05 Å². The molecule has 1 aliphatic rings. The number of hydrogen-bond acceptors (Lipinski definition) is 2. The van der Waals surface area contributed by atoms with Gasteiger partial charge < -0.3 is 9.88 Å². The molecule has 0 spiro atoms. The summed E-state index contributed by atoms with van der Waals surface area (Å²) in [5.41, 5.74) is 3.54. The number of aromatic nitrogens is 1. The number of nitrogens with one attached hydrogen (secondary N) is 1. The lowest BCUT2D eigenvalue weighted by molar-refractivity contribution is -0.121. The van der Waals surface area contributed by atoms with Crippen LogP contribution in [0.1, 0.15) is 23.9 Å². The van der Waals surface area contributed by atoms with E-state index in [1.807, 2.05) is 19.9 Å². The summed E-state index contributed by atoms with van der Waals surface area (Å²) in [5, 5.41) is 2.57. The minimum Gasteiger partial charge on any atom is -0.349 e. The second-order valence-corrected chi connectivity index (χ2v) is 4.42. The van der Waals surface area contributed by atoms with Gasteiger partial charge in [0.1, 0.15) is 5.70 Å². The summed E-state index contributed by atoms with van der Waals surface area (Å²) in [4.78, 5) is 24.2. The van der Waals surface area contributed by atoms with E-state index in [-0.39, 0.29) is 11.9 Å². The van der Waals surface area contributed by atoms with Gasteiger partial charge in [0.25, 0.3) is 5.91 Å². The van der Waals surface area contributed by atoms with Gasteiger partial charge in [-0.15, -0.1) is 0 Å². The van der Waals surface area contributed by atoms with Gasteiger partial charge in [-0.1, -0.05) is 0 Å². The quantitative estimate of drug-likeness (QED) is 0.638. The van der Waals surface area contributed by atoms with Crippen molar-refractivity contribution < 1.29 is 9.59 Å². The molecule has 5 heteroatoms. The topological polar surface area (TPSA) is 54.3 Å². The SMILES string of the molecule is CCn1c(C)cc(/C=C2/NC(=O)N(C)C2=O)c1C. The highest BCUT2D eigenvalue weighted by molar-refractivity contribution is 6.13. The molecule has 1 saturated heterocycles. The molecule has 0 atom stereocenters. The molecular weight excluding hydrogens is 230 g/mol. The number of nitrogens with zero attached hydrogens (tertiary/aromatic N) is 2. The number of amides is 3. The molecule has 1 N–H and O–H groups in total. The molecule has 0 unspecified atom stereocenters. The Bertz CT molecular complexity index is 555. The number of aryl methyl sites for hydroxylation is 1. The van der Waals surface area contributed by atoms with Gasteiger partial charge in [-0.2, -0.15) is 0 Å². The monoisotopic (exact) mass is 247 g/mol. The Hall–Kier alpha value is -2.04. The van der Waals surface area contributed by atoms with Crippen LogP contribution in [0.5, 0.6) is 0 Å². The summed E-state index contributed by atoms with van der Waals surface area (Å²) in [6.45, 7) is 7.00. The van der Waals surface area contributed by atoms with E-state index >= 15 is 0 Å². The number of rotatable bonds is 2. The minimum atomic E-state index is -0.379. The first-order chi connectivity index (χ1) is 8.45. The van der Waals surface area contributed by atoms with Crippen LogP contribution in [0.3, 0.4) is 0 Å². The van der Waals surface area contributed by atoms with Crippen LogP contribution in [0.25, 0.3) is 6.08 Å². The van der Waals surface area contributed by atoms with Crippen molar-refractivity contribution in [3.8, 4) is 0 Å². The van der Waals surface area contributed by atoms with E-state index in [2.05, 4.69) is 16.8 Å². The third-order valence-corrected chi connectivity index (χ3v) is 3.31. The smallest absolute Gasteiger partial charge is 0.328 e. The van der Waals surface area contributed by atoms with E-state index in [1.54, 1.807) is 6.08 Å². The van der Waals surface area contributed by atoms with E-state index in [0.29, 0.717) is 5.70 Å². The largest absolute Gasteiger partial charge is 0.349 e. The Kier molecular flexibility index (Phi) is 2.98. The lowest BCUT2D eigenvalue weighted by atomic mass is 10.2. The van der Waals surface area contributed by atoms with Gasteiger partial charge in [-0.05, 0) is 38.5 Å². The highest BCUT2D eigenvalue weighted by Gasteiger charge is 2.30. The zero-order valence-corrected chi connectivity index (χ0v) is 11.1. The molecule has 0 aromatic carbocycles. The molecule has 96 valence electrons. The molecular formula is C13H17N3O2. The lowest BCUT2D eigenvalue weighted by Crippen LogP contribution is -2.25. The van der Waals surface area contributed by atoms with E-state index in [9.17, 15) is 9.59 Å². The zero-order chi connectivity index (χ0) is 13.4. The first kappa shape index (κ1) is 12.4. The third-order valence-electron chi connectivity index (χ3n) is 3.31. The normalized spacial score (nSPS) is 17.8. The maximum Gasteiger partial charge on any atom is 0.328 e. The molecule has 18 heavy (non-hydrogen) atoms. The minimum absolute atomic E-state index is 0.290. The van der Waals surface area contributed by atoms with Crippen LogP contribution in [-0.2, 0) is 11.3 Å². The first-order valence-electron chi connectivity index (χ1n) is 5.93. The van der Waals surface area contributed by atoms with Crippen molar-refractivity contribution in [1.29, 1.82) is 0 Å². The molecule has 3 amide bonds. The second kappa shape index (κ2) is 4.33. The summed E-state index contributed by atoms with van der Waals surface area (Å²) in [5.74, 6) is -0.290. The van der Waals surface area contributed by atoms with Gasteiger partial charge >= 0.3 is 6.03 Å². The van der Waals surface area contributed by atoms with Crippen molar-refractivity contribution >= 4 is 18.0 Å². The fraction of sp³-hybridized carbons (Fsp3) is 0.385. The molecule has 1 fully saturated rings. The van der Waals surface area contributed by atoms with Crippen LogP contribution in [0, 0.1) is 13.8 Å². The number of imide groups is 1. The number of hydrogen-bond donors (Lipinski definition) is 1. The summed E-state index contributed by atoms with van der Waals surface area (Å²) in [7, 11) is 1.47. The Morgan fingerprint density at radius 2 is 2.00 bits per heavy atom. The van der Waals surface area contributed by atoms with Crippen LogP contribution in [0.2, 0.25) is 0 Å². The molecule has 2 heterocycles. The highest BCUT2D eigenvalue weighted by Crippen LogP contribution is 2.19. The number of likely N-dealkylation sites (N-methyl/N-ethyl adjacent to an activating group) is 1. The van der Waals surface area contributed by atoms with E-state index < -0.39 is 0 Å². The second-order valence-electron chi connectivity index (χ2n) is 4.42. The van der Waals surface area contributed by atoms with Crippen molar-refractivity contribution in [1.82, 2.24) is 14.8 Å². The van der Waals surface area contributed by atoms with Crippen LogP contribution < -0.4 is 5.32 Å². The molecule has 1 aromatic rings. The average molecular weight is 247 g/mol. The molecule has 0 saturated carbocycles. The Balaban J connectivity index is 2.40. The summed E-state index contributed by atoms with van der Waals surface area (Å²) < 4.78 is 2.16. The van der Waals surface area contributed by atoms with Crippen LogP contribution in [0.4, 0.5) is 4.79 Å². The maximum atomic E-state index is 11.8. The Morgan fingerprint density at radius 1 is 1.33 bits per heavy atom. The molecule has 1 aliphatic heterocycles. The number of carbonyl (C=O) groups is 2. The Labute approximate surface area is 106 Å². The van der Waals surface area contributed by atoms with E-state index in [0.717, 1.165) is 28.4 Å². The predicted octanol–water partition coefficient (Wildman–Crippen LogP) is 1.65. The summed E-state index contributed by atoms with van der Waals surface area (Å²) in [6, 6.07) is 1.64. The van der Waals surface area contributed by atoms with Gasteiger partial charge in [-0.25, -0.2) is 4.79 Å². The summed E-state index contributed by atoms with van der Waals surface area (Å²) >= 11 is 0. The van der Waals surface area contributed by atoms with Crippen molar-refractivity contribution in [2.75, 3.05) is 7.05 Å². The maximum absolute atomic E-state index is 11.8. The van der Waals surface area contributed by atoms with Crippen LogP contribution in [-0.4, -0.2) is 28.5 Å². The van der Waals surface area contributed by atoms with Crippen molar-refractivity contribution in [3.05, 3.63) is 28.7 Å². The van der Waals surface area contributed by atoms with Gasteiger partial charge in [0.15, 0.2) is 0 Å². The molecule has 2 rings (SSSR count). The van der Waals surface area contributed by atoms with E-state index in [4.69, 9.17) is 0 Å². The van der Waals surface area contributed by atoms with Gasteiger partial charge in [-0.3, -0.25) is 9.69 Å². The fourth-order valence-corrected chi connectivity index (χ4v) is 2.24. The van der Waals surface area contributed by atoms with Crippen LogP contribution in [0.15, 0.2) is 11.8 Å². The number of urea groups is 1. The van der Waals surface area contributed by atoms with Crippen molar-refractivity contribution in [2.45, 2.75) is 27.3 Å². The molecule has 0 bridgehead atoms. The van der Waals surface area contributed by atoms with Crippen molar-refractivity contribution in [3.63, 3.8) is 0 Å². The predicted molar refractivity (Wildman–Crippen MR) is 68.9 cm³/mol. The molecule has 0 radical (unpaired) electrons. The molecule has 0 aliphatic carbocycles. The van der Waals surface area contributed by atoms with Gasteiger partial charge in [0.2, 0.25) is 0 Å². The zero-order valence-electron chi connectivity index (χ0n) is 11.1. The highest BCUT2D eigenvalue weighted by atomic mass is 16.2.